The average molecular weight is 278 g/mol. The van der Waals surface area contributed by atoms with Crippen LogP contribution in [0.3, 0.4) is 0 Å². The van der Waals surface area contributed by atoms with Crippen LogP contribution in [0.25, 0.3) is 0 Å². The van der Waals surface area contributed by atoms with E-state index >= 15 is 0 Å². The number of hydrogen-bond acceptors (Lipinski definition) is 3. The van der Waals surface area contributed by atoms with E-state index in [2.05, 4.69) is 44.9 Å². The minimum absolute atomic E-state index is 0.198. The monoisotopic (exact) mass is 278 g/mol. The lowest BCUT2D eigenvalue weighted by Gasteiger charge is -2.35. The molecule has 114 valence electrons. The second-order valence-electron chi connectivity index (χ2n) is 6.15. The smallest absolute Gasteiger partial charge is 0.122 e. The minimum Gasteiger partial charge on any atom is -0.496 e. The summed E-state index contributed by atoms with van der Waals surface area (Å²) in [6.45, 7) is 8.50. The first-order chi connectivity index (χ1) is 9.45. The van der Waals surface area contributed by atoms with Gasteiger partial charge in [0.05, 0.1) is 7.11 Å². The molecule has 20 heavy (non-hydrogen) atoms. The van der Waals surface area contributed by atoms with E-state index in [1.807, 2.05) is 12.1 Å². The Bertz CT molecular complexity index is 402. The topological polar surface area (TPSA) is 38.5 Å². The summed E-state index contributed by atoms with van der Waals surface area (Å²) in [6, 6.07) is 8.71. The molecule has 0 fully saturated rings. The highest BCUT2D eigenvalue weighted by molar-refractivity contribution is 5.33. The average Bonchev–Trinajstić information content (AvgIpc) is 2.47. The number of ether oxygens (including phenoxy) is 1. The van der Waals surface area contributed by atoms with Crippen LogP contribution in [0.2, 0.25) is 0 Å². The Kier molecular flexibility index (Phi) is 6.50. The Labute approximate surface area is 124 Å². The van der Waals surface area contributed by atoms with Crippen molar-refractivity contribution in [2.75, 3.05) is 27.2 Å². The fourth-order valence-electron chi connectivity index (χ4n) is 2.42. The van der Waals surface area contributed by atoms with Crippen LogP contribution in [0.4, 0.5) is 0 Å². The summed E-state index contributed by atoms with van der Waals surface area (Å²) in [7, 11) is 3.92. The Morgan fingerprint density at radius 1 is 1.35 bits per heavy atom. The van der Waals surface area contributed by atoms with E-state index in [0.29, 0.717) is 6.04 Å². The number of rotatable bonds is 8. The first kappa shape index (κ1) is 17.0. The highest BCUT2D eigenvalue weighted by Crippen LogP contribution is 2.24. The van der Waals surface area contributed by atoms with Gasteiger partial charge >= 0.3 is 0 Å². The van der Waals surface area contributed by atoms with Crippen LogP contribution in [0, 0.1) is 5.41 Å². The molecule has 1 aromatic rings. The molecule has 0 bridgehead atoms. The normalized spacial score (nSPS) is 15.9. The number of para-hydroxylation sites is 1. The lowest BCUT2D eigenvalue weighted by Crippen LogP contribution is -2.42. The fourth-order valence-corrected chi connectivity index (χ4v) is 2.42. The third-order valence-electron chi connectivity index (χ3n) is 4.44. The van der Waals surface area contributed by atoms with E-state index in [1.54, 1.807) is 7.11 Å². The van der Waals surface area contributed by atoms with Crippen LogP contribution >= 0.6 is 0 Å². The Morgan fingerprint density at radius 3 is 2.55 bits per heavy atom. The van der Waals surface area contributed by atoms with Gasteiger partial charge < -0.3 is 15.4 Å². The van der Waals surface area contributed by atoms with Crippen LogP contribution in [-0.2, 0) is 6.42 Å². The summed E-state index contributed by atoms with van der Waals surface area (Å²) in [6.07, 6.45) is 2.10. The zero-order valence-corrected chi connectivity index (χ0v) is 13.6. The molecular weight excluding hydrogens is 248 g/mol. The third kappa shape index (κ3) is 4.50. The maximum atomic E-state index is 5.92. The Balaban J connectivity index is 2.68. The predicted octanol–water partition coefficient (Wildman–Crippen LogP) is 2.93. The summed E-state index contributed by atoms with van der Waals surface area (Å²) >= 11 is 0. The highest BCUT2D eigenvalue weighted by Gasteiger charge is 2.24. The molecular formula is C17H30N2O. The second kappa shape index (κ2) is 7.65. The van der Waals surface area contributed by atoms with Crippen LogP contribution in [0.5, 0.6) is 5.75 Å². The molecule has 0 radical (unpaired) electrons. The lowest BCUT2D eigenvalue weighted by molar-refractivity contribution is 0.155. The molecule has 0 saturated heterocycles. The van der Waals surface area contributed by atoms with Crippen molar-refractivity contribution >= 4 is 0 Å². The predicted molar refractivity (Wildman–Crippen MR) is 86.2 cm³/mol. The number of benzene rings is 1. The summed E-state index contributed by atoms with van der Waals surface area (Å²) in [5.74, 6) is 0.977. The Hall–Kier alpha value is -1.06. The molecule has 0 aliphatic rings. The lowest BCUT2D eigenvalue weighted by atomic mass is 9.86. The van der Waals surface area contributed by atoms with Gasteiger partial charge in [-0.15, -0.1) is 0 Å². The van der Waals surface area contributed by atoms with Gasteiger partial charge in [-0.05, 0) is 50.4 Å². The maximum absolute atomic E-state index is 5.92. The quantitative estimate of drug-likeness (QED) is 0.794. The number of likely N-dealkylation sites (N-methyl/N-ethyl adjacent to an activating group) is 1. The minimum atomic E-state index is 0.198. The van der Waals surface area contributed by atoms with Crippen LogP contribution in [0.15, 0.2) is 24.3 Å². The molecule has 0 aromatic heterocycles. The van der Waals surface area contributed by atoms with Gasteiger partial charge in [0.25, 0.3) is 0 Å². The zero-order chi connectivity index (χ0) is 15.2. The summed E-state index contributed by atoms with van der Waals surface area (Å²) < 4.78 is 5.43. The molecule has 3 heteroatoms. The van der Waals surface area contributed by atoms with Crippen molar-refractivity contribution in [2.24, 2.45) is 11.1 Å². The first-order valence-corrected chi connectivity index (χ1v) is 7.48. The SMILES string of the molecule is CCC(C)(CN)CN(C)C(C)Cc1ccccc1OC. The van der Waals surface area contributed by atoms with Gasteiger partial charge in [-0.2, -0.15) is 0 Å². The van der Waals surface area contributed by atoms with E-state index < -0.39 is 0 Å². The molecule has 2 atom stereocenters. The molecule has 3 nitrogen and oxygen atoms in total. The number of methoxy groups -OCH3 is 1. The van der Waals surface area contributed by atoms with E-state index in [0.717, 1.165) is 31.7 Å². The van der Waals surface area contributed by atoms with Crippen LogP contribution in [0.1, 0.15) is 32.8 Å². The van der Waals surface area contributed by atoms with Gasteiger partial charge in [0.2, 0.25) is 0 Å². The molecule has 2 unspecified atom stereocenters. The largest absolute Gasteiger partial charge is 0.496 e. The second-order valence-corrected chi connectivity index (χ2v) is 6.15. The molecule has 2 N–H and O–H groups in total. The van der Waals surface area contributed by atoms with Crippen LogP contribution < -0.4 is 10.5 Å². The van der Waals surface area contributed by atoms with Crippen molar-refractivity contribution in [3.8, 4) is 5.75 Å². The molecule has 0 heterocycles. The van der Waals surface area contributed by atoms with Gasteiger partial charge in [0, 0.05) is 12.6 Å². The molecule has 0 spiro atoms. The summed E-state index contributed by atoms with van der Waals surface area (Å²) in [5, 5.41) is 0. The molecule has 0 saturated carbocycles. The molecule has 1 rings (SSSR count). The van der Waals surface area contributed by atoms with Gasteiger partial charge in [0.1, 0.15) is 5.75 Å². The molecule has 1 aromatic carbocycles. The summed E-state index contributed by atoms with van der Waals surface area (Å²) in [5.41, 5.74) is 7.38. The molecule has 0 aliphatic carbocycles. The van der Waals surface area contributed by atoms with E-state index in [-0.39, 0.29) is 5.41 Å². The van der Waals surface area contributed by atoms with Crippen molar-refractivity contribution in [3.05, 3.63) is 29.8 Å². The van der Waals surface area contributed by atoms with Gasteiger partial charge in [-0.3, -0.25) is 0 Å². The molecule has 0 aliphatic heterocycles. The Morgan fingerprint density at radius 2 is 2.00 bits per heavy atom. The first-order valence-electron chi connectivity index (χ1n) is 7.48. The summed E-state index contributed by atoms with van der Waals surface area (Å²) in [4.78, 5) is 2.41. The standard InChI is InChI=1S/C17H30N2O/c1-6-17(3,12-18)13-19(4)14(2)11-15-9-7-8-10-16(15)20-5/h7-10,14H,6,11-13,18H2,1-5H3. The third-order valence-corrected chi connectivity index (χ3v) is 4.44. The van der Waals surface area contributed by atoms with Crippen molar-refractivity contribution < 1.29 is 4.74 Å². The number of hydrogen-bond donors (Lipinski definition) is 1. The van der Waals surface area contributed by atoms with Crippen molar-refractivity contribution in [3.63, 3.8) is 0 Å². The van der Waals surface area contributed by atoms with Crippen LogP contribution in [-0.4, -0.2) is 38.2 Å². The van der Waals surface area contributed by atoms with Gasteiger partial charge in [-0.1, -0.05) is 32.0 Å². The van der Waals surface area contributed by atoms with Crippen molar-refractivity contribution in [1.82, 2.24) is 4.90 Å². The van der Waals surface area contributed by atoms with E-state index in [4.69, 9.17) is 10.5 Å². The van der Waals surface area contributed by atoms with E-state index in [1.165, 1.54) is 5.56 Å². The van der Waals surface area contributed by atoms with Gasteiger partial charge in [0.15, 0.2) is 0 Å². The number of nitrogens with two attached hydrogens (primary N) is 1. The fraction of sp³-hybridized carbons (Fsp3) is 0.647. The van der Waals surface area contributed by atoms with Gasteiger partial charge in [-0.25, -0.2) is 0 Å². The van der Waals surface area contributed by atoms with Crippen molar-refractivity contribution in [1.29, 1.82) is 0 Å². The van der Waals surface area contributed by atoms with Crippen molar-refractivity contribution in [2.45, 2.75) is 39.7 Å². The maximum Gasteiger partial charge on any atom is 0.122 e. The van der Waals surface area contributed by atoms with E-state index in [9.17, 15) is 0 Å². The highest BCUT2D eigenvalue weighted by atomic mass is 16.5. The molecule has 0 amide bonds. The zero-order valence-electron chi connectivity index (χ0n) is 13.6. The number of nitrogens with zero attached hydrogens (tertiary/aromatic N) is 1.